The molecule has 0 aliphatic heterocycles. The van der Waals surface area contributed by atoms with E-state index in [1.165, 1.54) is 34.2 Å². The van der Waals surface area contributed by atoms with Gasteiger partial charge >= 0.3 is 6.18 Å². The molecule has 3 aromatic rings. The van der Waals surface area contributed by atoms with E-state index in [4.69, 9.17) is 0 Å². The molecule has 164 valence electrons. The number of aryl methyl sites for hydroxylation is 1. The van der Waals surface area contributed by atoms with Crippen LogP contribution in [0.25, 0.3) is 5.69 Å². The van der Waals surface area contributed by atoms with Gasteiger partial charge in [-0.1, -0.05) is 6.07 Å². The predicted octanol–water partition coefficient (Wildman–Crippen LogP) is 3.70. The fraction of sp³-hybridized carbons (Fsp3) is 0.350. The Morgan fingerprint density at radius 2 is 1.81 bits per heavy atom. The van der Waals surface area contributed by atoms with Gasteiger partial charge in [0.2, 0.25) is 0 Å². The minimum atomic E-state index is -4.50. The Bertz CT molecular complexity index is 1020. The zero-order chi connectivity index (χ0) is 22.6. The lowest BCUT2D eigenvalue weighted by Gasteiger charge is -2.29. The second kappa shape index (κ2) is 9.19. The van der Waals surface area contributed by atoms with Crippen molar-refractivity contribution < 1.29 is 22.4 Å². The Morgan fingerprint density at radius 1 is 1.16 bits per heavy atom. The molecule has 11 heteroatoms. The normalized spacial score (nSPS) is 12.6. The molecule has 1 amide bonds. The Kier molecular flexibility index (Phi) is 6.62. The van der Waals surface area contributed by atoms with Gasteiger partial charge in [-0.15, -0.1) is 0 Å². The molecule has 0 radical (unpaired) electrons. The number of carbonyl (C=O) groups excluding carboxylic acids is 1. The number of hydrogen-bond donors (Lipinski definition) is 0. The molecule has 0 aliphatic carbocycles. The van der Waals surface area contributed by atoms with E-state index >= 15 is 0 Å². The molecule has 3 rings (SSSR count). The Hall–Kier alpha value is -3.37. The minimum absolute atomic E-state index is 0.154. The average Bonchev–Trinajstić information content (AvgIpc) is 3.27. The molecular weight excluding hydrogens is 416 g/mol. The van der Waals surface area contributed by atoms with E-state index in [1.807, 2.05) is 0 Å². The Balaban J connectivity index is 1.76. The van der Waals surface area contributed by atoms with Crippen LogP contribution in [0.15, 0.2) is 43.0 Å². The standard InChI is InChI=1S/C20H20F4N6O/c1-3-29(13(2)7-8-17-25-11-14(12-26-17)20(22,23)24)19(31)18-15(21)5-4-6-16(18)30-27-9-10-28-30/h4-6,9-13H,3,7-8H2,1-2H3/t13-/m0/s1. The lowest BCUT2D eigenvalue weighted by Crippen LogP contribution is -2.39. The SMILES string of the molecule is CCN(C(=O)c1c(F)cccc1-n1nccn1)[C@@H](C)CCc1ncc(C(F)(F)F)cn1. The van der Waals surface area contributed by atoms with E-state index < -0.39 is 23.5 Å². The topological polar surface area (TPSA) is 76.8 Å². The summed E-state index contributed by atoms with van der Waals surface area (Å²) in [4.78, 5) is 23.3. The highest BCUT2D eigenvalue weighted by Crippen LogP contribution is 2.28. The van der Waals surface area contributed by atoms with Gasteiger partial charge < -0.3 is 4.90 Å². The van der Waals surface area contributed by atoms with Crippen molar-refractivity contribution in [1.82, 2.24) is 29.9 Å². The summed E-state index contributed by atoms with van der Waals surface area (Å²) in [5, 5.41) is 7.95. The highest BCUT2D eigenvalue weighted by atomic mass is 19.4. The molecule has 0 saturated carbocycles. The number of carbonyl (C=O) groups is 1. The molecule has 1 aromatic carbocycles. The van der Waals surface area contributed by atoms with Crippen LogP contribution in [-0.4, -0.2) is 48.4 Å². The first-order valence-corrected chi connectivity index (χ1v) is 9.56. The van der Waals surface area contributed by atoms with E-state index in [1.54, 1.807) is 19.9 Å². The average molecular weight is 436 g/mol. The molecule has 0 spiro atoms. The lowest BCUT2D eigenvalue weighted by molar-refractivity contribution is -0.138. The number of aromatic nitrogens is 5. The summed E-state index contributed by atoms with van der Waals surface area (Å²) >= 11 is 0. The molecule has 0 unspecified atom stereocenters. The number of alkyl halides is 3. The van der Waals surface area contributed by atoms with Crippen LogP contribution in [0.1, 0.15) is 42.0 Å². The summed E-state index contributed by atoms with van der Waals surface area (Å²) in [5.74, 6) is -0.999. The van der Waals surface area contributed by atoms with Gasteiger partial charge in [0.25, 0.3) is 5.91 Å². The van der Waals surface area contributed by atoms with Crippen molar-refractivity contribution in [3.8, 4) is 5.69 Å². The largest absolute Gasteiger partial charge is 0.419 e. The van der Waals surface area contributed by atoms with Gasteiger partial charge in [-0.3, -0.25) is 4.79 Å². The highest BCUT2D eigenvalue weighted by Gasteiger charge is 2.31. The first-order valence-electron chi connectivity index (χ1n) is 9.56. The second-order valence-corrected chi connectivity index (χ2v) is 6.82. The van der Waals surface area contributed by atoms with Crippen molar-refractivity contribution in [2.75, 3.05) is 6.54 Å². The van der Waals surface area contributed by atoms with Gasteiger partial charge in [-0.2, -0.15) is 28.2 Å². The van der Waals surface area contributed by atoms with E-state index in [2.05, 4.69) is 20.2 Å². The second-order valence-electron chi connectivity index (χ2n) is 6.82. The Labute approximate surface area is 175 Å². The summed E-state index contributed by atoms with van der Waals surface area (Å²) in [5.41, 5.74) is -0.862. The molecule has 0 saturated heterocycles. The van der Waals surface area contributed by atoms with Crippen molar-refractivity contribution in [2.45, 2.75) is 38.9 Å². The number of amides is 1. The summed E-state index contributed by atoms with van der Waals surface area (Å²) in [6.45, 7) is 3.84. The van der Waals surface area contributed by atoms with Crippen molar-refractivity contribution in [3.63, 3.8) is 0 Å². The van der Waals surface area contributed by atoms with Crippen LogP contribution < -0.4 is 0 Å². The van der Waals surface area contributed by atoms with Crippen LogP contribution >= 0.6 is 0 Å². The van der Waals surface area contributed by atoms with Crippen LogP contribution in [-0.2, 0) is 12.6 Å². The molecule has 7 nitrogen and oxygen atoms in total. The third kappa shape index (κ3) is 5.04. The molecule has 1 atom stereocenters. The fourth-order valence-corrected chi connectivity index (χ4v) is 3.15. The van der Waals surface area contributed by atoms with Crippen LogP contribution in [0.4, 0.5) is 17.6 Å². The zero-order valence-corrected chi connectivity index (χ0v) is 16.8. The number of halogens is 4. The Morgan fingerprint density at radius 3 is 2.39 bits per heavy atom. The number of hydrogen-bond acceptors (Lipinski definition) is 5. The van der Waals surface area contributed by atoms with Crippen molar-refractivity contribution in [1.29, 1.82) is 0 Å². The number of benzene rings is 1. The summed E-state index contributed by atoms with van der Waals surface area (Å²) in [7, 11) is 0. The monoisotopic (exact) mass is 436 g/mol. The summed E-state index contributed by atoms with van der Waals surface area (Å²) in [6.07, 6.45) is 0.449. The fourth-order valence-electron chi connectivity index (χ4n) is 3.15. The lowest BCUT2D eigenvalue weighted by atomic mass is 10.1. The van der Waals surface area contributed by atoms with Gasteiger partial charge in [0.15, 0.2) is 0 Å². The summed E-state index contributed by atoms with van der Waals surface area (Å²) < 4.78 is 52.5. The third-order valence-corrected chi connectivity index (χ3v) is 4.79. The molecule has 0 fully saturated rings. The molecule has 31 heavy (non-hydrogen) atoms. The van der Waals surface area contributed by atoms with Gasteiger partial charge in [-0.05, 0) is 32.4 Å². The van der Waals surface area contributed by atoms with Crippen LogP contribution in [0.5, 0.6) is 0 Å². The van der Waals surface area contributed by atoms with Crippen molar-refractivity contribution >= 4 is 5.91 Å². The molecule has 0 N–H and O–H groups in total. The molecule has 0 bridgehead atoms. The third-order valence-electron chi connectivity index (χ3n) is 4.79. The van der Waals surface area contributed by atoms with Crippen LogP contribution in [0.3, 0.4) is 0 Å². The first kappa shape index (κ1) is 22.3. The molecular formula is C20H20F4N6O. The van der Waals surface area contributed by atoms with E-state index in [-0.39, 0.29) is 29.5 Å². The summed E-state index contributed by atoms with van der Waals surface area (Å²) in [6, 6.07) is 3.85. The van der Waals surface area contributed by atoms with Crippen LogP contribution in [0, 0.1) is 5.82 Å². The molecule has 2 aromatic heterocycles. The quantitative estimate of drug-likeness (QED) is 0.528. The first-order chi connectivity index (χ1) is 14.7. The molecule has 0 aliphatic rings. The van der Waals surface area contributed by atoms with Crippen molar-refractivity contribution in [2.24, 2.45) is 0 Å². The predicted molar refractivity (Wildman–Crippen MR) is 103 cm³/mol. The van der Waals surface area contributed by atoms with Crippen LogP contribution in [0.2, 0.25) is 0 Å². The molecule has 2 heterocycles. The maximum absolute atomic E-state index is 14.6. The van der Waals surface area contributed by atoms with Gasteiger partial charge in [-0.25, -0.2) is 14.4 Å². The zero-order valence-electron chi connectivity index (χ0n) is 16.8. The minimum Gasteiger partial charge on any atom is -0.336 e. The smallest absolute Gasteiger partial charge is 0.336 e. The number of nitrogens with zero attached hydrogens (tertiary/aromatic N) is 6. The maximum Gasteiger partial charge on any atom is 0.419 e. The highest BCUT2D eigenvalue weighted by molar-refractivity contribution is 5.98. The van der Waals surface area contributed by atoms with E-state index in [0.717, 1.165) is 12.4 Å². The van der Waals surface area contributed by atoms with Gasteiger partial charge in [0.05, 0.1) is 18.0 Å². The van der Waals surface area contributed by atoms with E-state index in [9.17, 15) is 22.4 Å². The van der Waals surface area contributed by atoms with E-state index in [0.29, 0.717) is 13.0 Å². The van der Waals surface area contributed by atoms with Gasteiger partial charge in [0.1, 0.15) is 22.9 Å². The van der Waals surface area contributed by atoms with Gasteiger partial charge in [0, 0.05) is 31.4 Å². The maximum atomic E-state index is 14.6. The number of rotatable bonds is 7. The van der Waals surface area contributed by atoms with Crippen molar-refractivity contribution in [3.05, 3.63) is 65.8 Å².